The number of anilines is 2. The molecule has 4 aromatic rings. The normalized spacial score (nSPS) is 27.6. The summed E-state index contributed by atoms with van der Waals surface area (Å²) in [6.45, 7) is 4.97. The highest BCUT2D eigenvalue weighted by molar-refractivity contribution is 5.82. The molecule has 2 saturated heterocycles. The first-order valence-corrected chi connectivity index (χ1v) is 13.9. The molecule has 6 atom stereocenters. The molecule has 2 fully saturated rings. The summed E-state index contributed by atoms with van der Waals surface area (Å²) in [5, 5.41) is 10.2. The van der Waals surface area contributed by atoms with E-state index in [0.717, 1.165) is 0 Å². The van der Waals surface area contributed by atoms with Gasteiger partial charge in [0.05, 0.1) is 18.8 Å². The van der Waals surface area contributed by atoms with Crippen LogP contribution in [0.15, 0.2) is 12.7 Å². The lowest BCUT2D eigenvalue weighted by Crippen LogP contribution is -2.39. The van der Waals surface area contributed by atoms with Crippen molar-refractivity contribution in [3.8, 4) is 24.7 Å². The van der Waals surface area contributed by atoms with Crippen LogP contribution in [0.3, 0.4) is 0 Å². The third-order valence-corrected chi connectivity index (χ3v) is 7.90. The van der Waals surface area contributed by atoms with Gasteiger partial charge in [0.25, 0.3) is 0 Å². The maximum atomic E-state index is 13.5. The Kier molecular flexibility index (Phi) is 8.28. The molecule has 236 valence electrons. The summed E-state index contributed by atoms with van der Waals surface area (Å²) in [4.78, 5) is 33.8. The van der Waals surface area contributed by atoms with Crippen LogP contribution in [-0.2, 0) is 19.0 Å². The van der Waals surface area contributed by atoms with Crippen LogP contribution in [0.25, 0.3) is 22.3 Å². The predicted molar refractivity (Wildman–Crippen MR) is 154 cm³/mol. The largest absolute Gasteiger partial charge is 0.458 e. The van der Waals surface area contributed by atoms with Crippen molar-refractivity contribution >= 4 is 39.9 Å². The molecule has 17 heteroatoms. The minimum absolute atomic E-state index is 0.0477. The Morgan fingerprint density at radius 2 is 1.42 bits per heavy atom. The molecule has 0 radical (unpaired) electrons. The van der Waals surface area contributed by atoms with Crippen LogP contribution in [0, 0.1) is 36.8 Å². The molecule has 2 aliphatic rings. The first-order valence-electron chi connectivity index (χ1n) is 13.9. The summed E-state index contributed by atoms with van der Waals surface area (Å²) in [5.74, 6) is 4.52. The second-order valence-corrected chi connectivity index (χ2v) is 10.4. The van der Waals surface area contributed by atoms with E-state index in [0.29, 0.717) is 12.8 Å². The summed E-state index contributed by atoms with van der Waals surface area (Å²) in [7, 11) is 0. The van der Waals surface area contributed by atoms with Crippen molar-refractivity contribution in [2.45, 2.75) is 82.3 Å². The second-order valence-electron chi connectivity index (χ2n) is 10.4. The maximum Gasteiger partial charge on any atom is 0.312 e. The minimum atomic E-state index is -1.07. The smallest absolute Gasteiger partial charge is 0.312 e. The highest BCUT2D eigenvalue weighted by atomic mass is 19.1. The summed E-state index contributed by atoms with van der Waals surface area (Å²) in [6.07, 6.45) is 10.8. The number of carbonyl (C=O) groups excluding carboxylic acids is 1. The van der Waals surface area contributed by atoms with E-state index >= 15 is 0 Å². The number of terminal acetylenes is 2. The van der Waals surface area contributed by atoms with Crippen LogP contribution in [0.4, 0.5) is 20.4 Å². The fourth-order valence-corrected chi connectivity index (χ4v) is 5.51. The van der Waals surface area contributed by atoms with Gasteiger partial charge < -0.3 is 30.8 Å². The monoisotopic (exact) mass is 624 g/mol. The molecule has 45 heavy (non-hydrogen) atoms. The lowest BCUT2D eigenvalue weighted by molar-refractivity contribution is -0.153. The molecule has 0 spiro atoms. The number of nitrogens with two attached hydrogens (primary N) is 2. The molecule has 15 nitrogen and oxygen atoms in total. The fourth-order valence-electron chi connectivity index (χ4n) is 5.51. The molecular weight excluding hydrogens is 594 g/mol. The average Bonchev–Trinajstić information content (AvgIpc) is 3.76. The fraction of sp³-hybridized carbons (Fsp3) is 0.464. The van der Waals surface area contributed by atoms with E-state index in [-0.39, 0.29) is 46.8 Å². The van der Waals surface area contributed by atoms with Gasteiger partial charge in [-0.15, -0.1) is 12.8 Å². The van der Waals surface area contributed by atoms with Gasteiger partial charge in [0.2, 0.25) is 0 Å². The molecule has 2 aliphatic heterocycles. The molecule has 0 aliphatic carbocycles. The summed E-state index contributed by atoms with van der Waals surface area (Å²) < 4.78 is 47.0. The minimum Gasteiger partial charge on any atom is -0.458 e. The van der Waals surface area contributed by atoms with E-state index in [2.05, 4.69) is 41.7 Å². The molecule has 6 heterocycles. The number of ether oxygens (including phenoxy) is 3. The standard InChI is InChI=1S/C15H16FN5O3.C13H14FN5O2/c1-4-15(5-2)9(23-8(3)22)6-10(24-15)21-7-18-11-12(17)19-14(16)20-13(11)21;1-3-13(4-2)7(20)5-8(21-13)19-6-16-9-10(15)17-12(14)18-11(9)19/h1,7,9-10H,5-6H2,2-3H3,(H2,17,19,20);1,6-8,20H,4-5H2,2H3,(H2,15,17,18)/t9-,10+,15+;7-,8+,13+/m00/s1. The van der Waals surface area contributed by atoms with Crippen molar-refractivity contribution in [1.82, 2.24) is 39.0 Å². The van der Waals surface area contributed by atoms with Gasteiger partial charge in [-0.25, -0.2) is 9.97 Å². The van der Waals surface area contributed by atoms with Gasteiger partial charge in [-0.05, 0) is 12.8 Å². The highest BCUT2D eigenvalue weighted by Gasteiger charge is 2.50. The molecular formula is C28H30F2N10O5. The van der Waals surface area contributed by atoms with Crippen molar-refractivity contribution in [3.63, 3.8) is 0 Å². The number of carbonyl (C=O) groups is 1. The van der Waals surface area contributed by atoms with Gasteiger partial charge in [0.1, 0.15) is 18.6 Å². The third-order valence-electron chi connectivity index (χ3n) is 7.90. The van der Waals surface area contributed by atoms with E-state index in [1.54, 1.807) is 0 Å². The lowest BCUT2D eigenvalue weighted by atomic mass is 9.94. The van der Waals surface area contributed by atoms with Gasteiger partial charge in [0, 0.05) is 19.8 Å². The van der Waals surface area contributed by atoms with E-state index in [1.165, 1.54) is 28.7 Å². The average molecular weight is 625 g/mol. The first-order chi connectivity index (χ1) is 21.4. The Balaban J connectivity index is 0.000000179. The summed E-state index contributed by atoms with van der Waals surface area (Å²) >= 11 is 0. The molecule has 0 saturated carbocycles. The van der Waals surface area contributed by atoms with Crippen LogP contribution in [0.2, 0.25) is 0 Å². The van der Waals surface area contributed by atoms with Crippen LogP contribution in [0.5, 0.6) is 0 Å². The van der Waals surface area contributed by atoms with Crippen LogP contribution in [0.1, 0.15) is 58.9 Å². The summed E-state index contributed by atoms with van der Waals surface area (Å²) in [5.41, 5.74) is 10.1. The Morgan fingerprint density at radius 1 is 0.956 bits per heavy atom. The van der Waals surface area contributed by atoms with E-state index in [1.807, 2.05) is 13.8 Å². The molecule has 6 rings (SSSR count). The van der Waals surface area contributed by atoms with Crippen LogP contribution in [-0.4, -0.2) is 73.5 Å². The van der Waals surface area contributed by atoms with Crippen molar-refractivity contribution in [1.29, 1.82) is 0 Å². The number of hydrogen-bond donors (Lipinski definition) is 3. The number of nitrogen functional groups attached to an aromatic ring is 2. The SMILES string of the molecule is C#C[C@]1(CC)O[C@@H](n2cnc3c(N)nc(F)nc32)C[C@@H]1O.C#C[C@]1(CC)O[C@@H](n2cnc3c(N)nc(F)nc32)C[C@@H]1OC(C)=O. The predicted octanol–water partition coefficient (Wildman–Crippen LogP) is 1.79. The third kappa shape index (κ3) is 5.46. The van der Waals surface area contributed by atoms with Crippen molar-refractivity contribution < 1.29 is 32.9 Å². The van der Waals surface area contributed by atoms with Gasteiger partial charge in [-0.3, -0.25) is 13.9 Å². The highest BCUT2D eigenvalue weighted by Crippen LogP contribution is 2.42. The molecule has 0 aromatic carbocycles. The zero-order chi connectivity index (χ0) is 32.7. The van der Waals surface area contributed by atoms with Crippen molar-refractivity contribution in [2.75, 3.05) is 11.5 Å². The molecule has 0 unspecified atom stereocenters. The molecule has 4 aromatic heterocycles. The topological polar surface area (TPSA) is 204 Å². The van der Waals surface area contributed by atoms with Crippen molar-refractivity contribution in [3.05, 3.63) is 24.8 Å². The zero-order valence-electron chi connectivity index (χ0n) is 24.5. The zero-order valence-corrected chi connectivity index (χ0v) is 24.5. The number of halogens is 2. The van der Waals surface area contributed by atoms with E-state index < -0.39 is 54.0 Å². The second kappa shape index (κ2) is 11.8. The number of nitrogens with zero attached hydrogens (tertiary/aromatic N) is 8. The maximum absolute atomic E-state index is 13.5. The molecule has 5 N–H and O–H groups in total. The van der Waals surface area contributed by atoms with E-state index in [4.69, 9.17) is 38.5 Å². The number of esters is 1. The number of rotatable bonds is 5. The Labute approximate surface area is 255 Å². The van der Waals surface area contributed by atoms with Crippen molar-refractivity contribution in [2.24, 2.45) is 0 Å². The lowest BCUT2D eigenvalue weighted by Gasteiger charge is -2.27. The number of aliphatic hydroxyl groups excluding tert-OH is 1. The first kappa shape index (κ1) is 31.5. The van der Waals surface area contributed by atoms with Gasteiger partial charge >= 0.3 is 18.1 Å². The Morgan fingerprint density at radius 3 is 1.84 bits per heavy atom. The number of fused-ring (bicyclic) bond motifs is 2. The van der Waals surface area contributed by atoms with Gasteiger partial charge in [0.15, 0.2) is 45.2 Å². The Hall–Kier alpha value is -4.97. The molecule has 0 bridgehead atoms. The molecule has 0 amide bonds. The summed E-state index contributed by atoms with van der Waals surface area (Å²) in [6, 6.07) is 0. The number of hydrogen-bond acceptors (Lipinski definition) is 13. The number of aromatic nitrogens is 8. The number of imidazole rings is 2. The Bertz CT molecular complexity index is 1850. The number of aliphatic hydroxyl groups is 1. The van der Waals surface area contributed by atoms with Crippen LogP contribution < -0.4 is 11.5 Å². The van der Waals surface area contributed by atoms with E-state index in [9.17, 15) is 18.7 Å². The quantitative estimate of drug-likeness (QED) is 0.165. The van der Waals surface area contributed by atoms with Crippen LogP contribution >= 0.6 is 0 Å². The van der Waals surface area contributed by atoms with Gasteiger partial charge in [-0.1, -0.05) is 25.7 Å². The van der Waals surface area contributed by atoms with Gasteiger partial charge in [-0.2, -0.15) is 28.7 Å².